The predicted octanol–water partition coefficient (Wildman–Crippen LogP) is 6.40. The summed E-state index contributed by atoms with van der Waals surface area (Å²) in [5.74, 6) is 2.43. The summed E-state index contributed by atoms with van der Waals surface area (Å²) in [6.45, 7) is 4.97. The summed E-state index contributed by atoms with van der Waals surface area (Å²) in [4.78, 5) is 0. The molecule has 1 fully saturated rings. The fourth-order valence-electron chi connectivity index (χ4n) is 4.03. The third kappa shape index (κ3) is 5.06. The molecule has 0 amide bonds. The van der Waals surface area contributed by atoms with Crippen LogP contribution in [0, 0.1) is 5.92 Å². The van der Waals surface area contributed by atoms with Crippen molar-refractivity contribution in [3.05, 3.63) is 42.1 Å². The van der Waals surface area contributed by atoms with Crippen molar-refractivity contribution in [2.24, 2.45) is 5.92 Å². The number of rotatable bonds is 8. The lowest BCUT2D eigenvalue weighted by molar-refractivity contribution is 0.299. The molecule has 0 unspecified atom stereocenters. The highest BCUT2D eigenvalue weighted by Gasteiger charge is 2.23. The lowest BCUT2D eigenvalue weighted by Gasteiger charge is -2.28. The molecule has 0 saturated heterocycles. The SMILES string of the molecule is CCCCCC1CCC(c2ccc(-c3ccc(OCC)cc3)nn2)CC1. The molecule has 0 atom stereocenters. The minimum Gasteiger partial charge on any atom is -0.494 e. The highest BCUT2D eigenvalue weighted by molar-refractivity contribution is 5.59. The number of nitrogens with zero attached hydrogens (tertiary/aromatic N) is 2. The van der Waals surface area contributed by atoms with E-state index in [0.717, 1.165) is 22.9 Å². The fraction of sp³-hybridized carbons (Fsp3) is 0.565. The van der Waals surface area contributed by atoms with Crippen LogP contribution >= 0.6 is 0 Å². The summed E-state index contributed by atoms with van der Waals surface area (Å²) in [6.07, 6.45) is 10.8. The topological polar surface area (TPSA) is 35.0 Å². The molecule has 2 aromatic rings. The number of unbranched alkanes of at least 4 members (excludes halogenated alkanes) is 2. The van der Waals surface area contributed by atoms with Gasteiger partial charge in [0.05, 0.1) is 18.0 Å². The first-order valence-electron chi connectivity index (χ1n) is 10.4. The molecule has 3 heteroatoms. The molecule has 3 nitrogen and oxygen atoms in total. The zero-order chi connectivity index (χ0) is 18.2. The second-order valence-electron chi connectivity index (χ2n) is 7.51. The van der Waals surface area contributed by atoms with E-state index < -0.39 is 0 Å². The predicted molar refractivity (Wildman–Crippen MR) is 107 cm³/mol. The molecule has 26 heavy (non-hydrogen) atoms. The van der Waals surface area contributed by atoms with Crippen molar-refractivity contribution in [2.45, 2.75) is 71.1 Å². The summed E-state index contributed by atoms with van der Waals surface area (Å²) in [5.41, 5.74) is 3.20. The smallest absolute Gasteiger partial charge is 0.119 e. The average Bonchev–Trinajstić information content (AvgIpc) is 2.70. The lowest BCUT2D eigenvalue weighted by atomic mass is 9.78. The molecule has 1 aromatic carbocycles. The number of hydrogen-bond acceptors (Lipinski definition) is 3. The van der Waals surface area contributed by atoms with Gasteiger partial charge >= 0.3 is 0 Å². The van der Waals surface area contributed by atoms with Gasteiger partial charge in [-0.15, -0.1) is 0 Å². The van der Waals surface area contributed by atoms with E-state index in [2.05, 4.69) is 41.4 Å². The average molecular weight is 353 g/mol. The highest BCUT2D eigenvalue weighted by atomic mass is 16.5. The summed E-state index contributed by atoms with van der Waals surface area (Å²) < 4.78 is 5.50. The number of aromatic nitrogens is 2. The van der Waals surface area contributed by atoms with E-state index in [9.17, 15) is 0 Å². The van der Waals surface area contributed by atoms with Crippen molar-refractivity contribution in [1.29, 1.82) is 0 Å². The van der Waals surface area contributed by atoms with Crippen molar-refractivity contribution in [3.8, 4) is 17.0 Å². The van der Waals surface area contributed by atoms with E-state index in [-0.39, 0.29) is 0 Å². The van der Waals surface area contributed by atoms with Gasteiger partial charge < -0.3 is 4.74 Å². The van der Waals surface area contributed by atoms with Gasteiger partial charge in [-0.1, -0.05) is 32.6 Å². The molecule has 1 saturated carbocycles. The maximum Gasteiger partial charge on any atom is 0.119 e. The molecule has 1 aromatic heterocycles. The Kier molecular flexibility index (Phi) is 7.04. The minimum absolute atomic E-state index is 0.597. The first-order chi connectivity index (χ1) is 12.8. The van der Waals surface area contributed by atoms with Gasteiger partial charge in [-0.2, -0.15) is 10.2 Å². The number of benzene rings is 1. The van der Waals surface area contributed by atoms with Crippen molar-refractivity contribution < 1.29 is 4.74 Å². The normalized spacial score (nSPS) is 20.1. The molecule has 1 heterocycles. The molecule has 0 aliphatic heterocycles. The molecular formula is C23H32N2O. The van der Waals surface area contributed by atoms with E-state index in [1.807, 2.05) is 19.1 Å². The maximum absolute atomic E-state index is 5.50. The zero-order valence-corrected chi connectivity index (χ0v) is 16.3. The fourth-order valence-corrected chi connectivity index (χ4v) is 4.03. The minimum atomic E-state index is 0.597. The quantitative estimate of drug-likeness (QED) is 0.516. The van der Waals surface area contributed by atoms with Crippen LogP contribution in [0.2, 0.25) is 0 Å². The van der Waals surface area contributed by atoms with Gasteiger partial charge in [0.25, 0.3) is 0 Å². The standard InChI is InChI=1S/C23H32N2O/c1-3-5-6-7-18-8-10-19(11-9-18)22-16-17-23(25-24-22)20-12-14-21(15-13-20)26-4-2/h12-19H,3-11H2,1-2H3. The number of hydrogen-bond donors (Lipinski definition) is 0. The van der Waals surface area contributed by atoms with Gasteiger partial charge in [-0.25, -0.2) is 0 Å². The van der Waals surface area contributed by atoms with Crippen molar-refractivity contribution in [2.75, 3.05) is 6.61 Å². The van der Waals surface area contributed by atoms with E-state index in [0.29, 0.717) is 12.5 Å². The van der Waals surface area contributed by atoms with Gasteiger partial charge in [-0.05, 0) is 74.9 Å². The molecule has 3 rings (SSSR count). The van der Waals surface area contributed by atoms with Crippen molar-refractivity contribution >= 4 is 0 Å². The number of ether oxygens (including phenoxy) is 1. The van der Waals surface area contributed by atoms with Crippen molar-refractivity contribution in [3.63, 3.8) is 0 Å². The van der Waals surface area contributed by atoms with Crippen LogP contribution in [-0.2, 0) is 0 Å². The molecule has 1 aliphatic rings. The molecule has 0 bridgehead atoms. The van der Waals surface area contributed by atoms with E-state index in [1.165, 1.54) is 57.1 Å². The first-order valence-corrected chi connectivity index (χ1v) is 10.4. The Balaban J connectivity index is 1.55. The molecule has 0 radical (unpaired) electrons. The summed E-state index contributed by atoms with van der Waals surface area (Å²) in [5, 5.41) is 9.05. The Hall–Kier alpha value is -1.90. The van der Waals surface area contributed by atoms with Crippen LogP contribution in [-0.4, -0.2) is 16.8 Å². The van der Waals surface area contributed by atoms with Gasteiger partial charge in [0.15, 0.2) is 0 Å². The van der Waals surface area contributed by atoms with Crippen LogP contribution < -0.4 is 4.74 Å². The van der Waals surface area contributed by atoms with E-state index >= 15 is 0 Å². The van der Waals surface area contributed by atoms with Crippen LogP contribution in [0.1, 0.15) is 76.8 Å². The van der Waals surface area contributed by atoms with Crippen LogP contribution in [0.5, 0.6) is 5.75 Å². The van der Waals surface area contributed by atoms with Crippen molar-refractivity contribution in [1.82, 2.24) is 10.2 Å². The molecule has 0 spiro atoms. The molecular weight excluding hydrogens is 320 g/mol. The van der Waals surface area contributed by atoms with Crippen LogP contribution in [0.15, 0.2) is 36.4 Å². The Bertz CT molecular complexity index is 643. The lowest BCUT2D eigenvalue weighted by Crippen LogP contribution is -2.14. The summed E-state index contributed by atoms with van der Waals surface area (Å²) in [7, 11) is 0. The van der Waals surface area contributed by atoms with Crippen LogP contribution in [0.4, 0.5) is 0 Å². The second-order valence-corrected chi connectivity index (χ2v) is 7.51. The third-order valence-electron chi connectivity index (χ3n) is 5.63. The Morgan fingerprint density at radius 3 is 2.27 bits per heavy atom. The first kappa shape index (κ1) is 18.9. The largest absolute Gasteiger partial charge is 0.494 e. The molecule has 1 aliphatic carbocycles. The highest BCUT2D eigenvalue weighted by Crippen LogP contribution is 2.37. The van der Waals surface area contributed by atoms with E-state index in [1.54, 1.807) is 0 Å². The van der Waals surface area contributed by atoms with E-state index in [4.69, 9.17) is 4.74 Å². The summed E-state index contributed by atoms with van der Waals surface area (Å²) >= 11 is 0. The van der Waals surface area contributed by atoms with Gasteiger partial charge in [0.1, 0.15) is 5.75 Å². The Labute approximate surface area is 158 Å². The Morgan fingerprint density at radius 1 is 0.885 bits per heavy atom. The van der Waals surface area contributed by atoms with Gasteiger partial charge in [0, 0.05) is 11.5 Å². The molecule has 0 N–H and O–H groups in total. The summed E-state index contributed by atoms with van der Waals surface area (Å²) in [6, 6.07) is 12.4. The third-order valence-corrected chi connectivity index (χ3v) is 5.63. The zero-order valence-electron chi connectivity index (χ0n) is 16.3. The maximum atomic E-state index is 5.50. The van der Waals surface area contributed by atoms with Gasteiger partial charge in [-0.3, -0.25) is 0 Å². The second kappa shape index (κ2) is 9.70. The van der Waals surface area contributed by atoms with Gasteiger partial charge in [0.2, 0.25) is 0 Å². The van der Waals surface area contributed by atoms with Crippen LogP contribution in [0.25, 0.3) is 11.3 Å². The monoisotopic (exact) mass is 352 g/mol. The van der Waals surface area contributed by atoms with Crippen LogP contribution in [0.3, 0.4) is 0 Å². The molecule has 140 valence electrons. The Morgan fingerprint density at radius 2 is 1.65 bits per heavy atom.